The van der Waals surface area contributed by atoms with Gasteiger partial charge in [-0.2, -0.15) is 0 Å². The summed E-state index contributed by atoms with van der Waals surface area (Å²) in [5.74, 6) is -0.446. The maximum Gasteiger partial charge on any atom is 0.257 e. The second-order valence-corrected chi connectivity index (χ2v) is 10.4. The number of fused-ring (bicyclic) bond motifs is 3. The van der Waals surface area contributed by atoms with Crippen molar-refractivity contribution in [2.75, 3.05) is 19.4 Å². The maximum absolute atomic E-state index is 12.5. The third kappa shape index (κ3) is 4.28. The summed E-state index contributed by atoms with van der Waals surface area (Å²) in [6.45, 7) is 0. The lowest BCUT2D eigenvalue weighted by Crippen LogP contribution is -2.34. The molecule has 0 bridgehead atoms. The second kappa shape index (κ2) is 8.31. The molecule has 0 saturated heterocycles. The third-order valence-corrected chi connectivity index (χ3v) is 7.68. The van der Waals surface area contributed by atoms with Gasteiger partial charge in [0.2, 0.25) is 10.0 Å². The number of carbonyl (C=O) groups is 1. The summed E-state index contributed by atoms with van der Waals surface area (Å²) in [4.78, 5) is 17.1. The third-order valence-electron chi connectivity index (χ3n) is 4.62. The Labute approximate surface area is 188 Å². The minimum atomic E-state index is -3.56. The number of thiocarbonyl (C=S) groups is 1. The number of nitrogens with one attached hydrogen (secondary N) is 2. The van der Waals surface area contributed by atoms with Crippen molar-refractivity contribution in [3.8, 4) is 0 Å². The molecule has 1 aromatic heterocycles. The highest BCUT2D eigenvalue weighted by Crippen LogP contribution is 2.32. The molecule has 10 heteroatoms. The molecule has 0 atom stereocenters. The monoisotopic (exact) mass is 470 g/mol. The van der Waals surface area contributed by atoms with E-state index >= 15 is 0 Å². The first-order chi connectivity index (χ1) is 14.8. The van der Waals surface area contributed by atoms with Crippen molar-refractivity contribution in [1.82, 2.24) is 14.6 Å². The van der Waals surface area contributed by atoms with Crippen molar-refractivity contribution >= 4 is 70.7 Å². The molecule has 3 aromatic carbocycles. The number of benzene rings is 3. The molecule has 2 N–H and O–H groups in total. The first-order valence-electron chi connectivity index (χ1n) is 9.19. The van der Waals surface area contributed by atoms with E-state index in [-0.39, 0.29) is 15.6 Å². The zero-order valence-corrected chi connectivity index (χ0v) is 19.1. The summed E-state index contributed by atoms with van der Waals surface area (Å²) in [6, 6.07) is 17.7. The fourth-order valence-electron chi connectivity index (χ4n) is 3.00. The molecule has 31 heavy (non-hydrogen) atoms. The minimum absolute atomic E-state index is 0.108. The highest BCUT2D eigenvalue weighted by molar-refractivity contribution is 7.89. The molecule has 0 fully saturated rings. The van der Waals surface area contributed by atoms with Crippen LogP contribution in [0.25, 0.3) is 21.0 Å². The summed E-state index contributed by atoms with van der Waals surface area (Å²) in [6.07, 6.45) is 0. The van der Waals surface area contributed by atoms with Crippen LogP contribution in [0.4, 0.5) is 5.13 Å². The number of rotatable bonds is 4. The summed E-state index contributed by atoms with van der Waals surface area (Å²) in [5, 5.41) is 8.46. The van der Waals surface area contributed by atoms with E-state index in [9.17, 15) is 13.2 Å². The summed E-state index contributed by atoms with van der Waals surface area (Å²) in [5.41, 5.74) is 1.13. The Balaban J connectivity index is 1.47. The second-order valence-electron chi connectivity index (χ2n) is 6.87. The van der Waals surface area contributed by atoms with Crippen LogP contribution in [0.15, 0.2) is 65.6 Å². The van der Waals surface area contributed by atoms with Crippen molar-refractivity contribution in [3.05, 3.63) is 66.2 Å². The average molecular weight is 471 g/mol. The van der Waals surface area contributed by atoms with Crippen molar-refractivity contribution < 1.29 is 13.2 Å². The predicted octanol–water partition coefficient (Wildman–Crippen LogP) is 3.83. The van der Waals surface area contributed by atoms with E-state index in [2.05, 4.69) is 15.6 Å². The van der Waals surface area contributed by atoms with Crippen molar-refractivity contribution in [3.63, 3.8) is 0 Å². The van der Waals surface area contributed by atoms with Gasteiger partial charge in [0.05, 0.1) is 15.1 Å². The number of hydrogen-bond acceptors (Lipinski definition) is 6. The van der Waals surface area contributed by atoms with E-state index in [0.29, 0.717) is 5.13 Å². The zero-order chi connectivity index (χ0) is 22.2. The van der Waals surface area contributed by atoms with Gasteiger partial charge in [0.25, 0.3) is 5.91 Å². The first kappa shape index (κ1) is 21.3. The topological polar surface area (TPSA) is 91.4 Å². The molecule has 1 heterocycles. The van der Waals surface area contributed by atoms with Gasteiger partial charge in [0.15, 0.2) is 10.2 Å². The van der Waals surface area contributed by atoms with Gasteiger partial charge in [0.1, 0.15) is 0 Å². The fraction of sp³-hybridized carbons (Fsp3) is 0.0952. The van der Waals surface area contributed by atoms with Crippen LogP contribution in [0.2, 0.25) is 0 Å². The summed E-state index contributed by atoms with van der Waals surface area (Å²) in [7, 11) is -0.656. The van der Waals surface area contributed by atoms with Crippen molar-refractivity contribution in [1.29, 1.82) is 0 Å². The van der Waals surface area contributed by atoms with Crippen LogP contribution in [-0.4, -0.2) is 42.8 Å². The van der Waals surface area contributed by atoms with Crippen LogP contribution >= 0.6 is 23.6 Å². The lowest BCUT2D eigenvalue weighted by Gasteiger charge is -2.12. The number of nitrogens with zero attached hydrogens (tertiary/aromatic N) is 2. The molecule has 158 valence electrons. The van der Waals surface area contributed by atoms with Crippen LogP contribution in [0, 0.1) is 0 Å². The predicted molar refractivity (Wildman–Crippen MR) is 128 cm³/mol. The quantitative estimate of drug-likeness (QED) is 0.441. The van der Waals surface area contributed by atoms with Gasteiger partial charge in [-0.05, 0) is 47.9 Å². The molecular weight excluding hydrogens is 452 g/mol. The van der Waals surface area contributed by atoms with Crippen LogP contribution in [0.3, 0.4) is 0 Å². The van der Waals surface area contributed by atoms with E-state index in [1.54, 1.807) is 0 Å². The molecule has 0 aliphatic heterocycles. The summed E-state index contributed by atoms with van der Waals surface area (Å²) < 4.78 is 26.4. The molecular formula is C21H18N4O3S3. The van der Waals surface area contributed by atoms with Gasteiger partial charge < -0.3 is 5.32 Å². The molecule has 1 amide bonds. The summed E-state index contributed by atoms with van der Waals surface area (Å²) >= 11 is 6.71. The van der Waals surface area contributed by atoms with Gasteiger partial charge in [0, 0.05) is 25.0 Å². The highest BCUT2D eigenvalue weighted by atomic mass is 32.2. The molecule has 4 rings (SSSR count). The smallest absolute Gasteiger partial charge is 0.257 e. The molecule has 0 aliphatic rings. The first-order valence-corrected chi connectivity index (χ1v) is 11.9. The van der Waals surface area contributed by atoms with E-state index in [1.807, 2.05) is 36.4 Å². The van der Waals surface area contributed by atoms with Crippen LogP contribution in [0.1, 0.15) is 10.4 Å². The lowest BCUT2D eigenvalue weighted by molar-refractivity contribution is 0.0977. The lowest BCUT2D eigenvalue weighted by atomic mass is 10.1. The largest absolute Gasteiger partial charge is 0.308 e. The van der Waals surface area contributed by atoms with Crippen LogP contribution < -0.4 is 10.6 Å². The number of hydrogen-bond donors (Lipinski definition) is 2. The van der Waals surface area contributed by atoms with Gasteiger partial charge >= 0.3 is 0 Å². The maximum atomic E-state index is 12.5. The molecule has 0 saturated carbocycles. The standard InChI is InChI=1S/C21H18N4O3S3/c1-25(2)31(27,28)15-10-7-14(8-11-15)19(26)23-20(29)24-21-22-17-12-9-13-5-3-4-6-16(13)18(17)30-21/h3-12H,1-2H3,(H2,22,23,24,26,29). The van der Waals surface area contributed by atoms with E-state index in [4.69, 9.17) is 12.2 Å². The Morgan fingerprint density at radius 2 is 1.74 bits per heavy atom. The minimum Gasteiger partial charge on any atom is -0.308 e. The SMILES string of the molecule is CN(C)S(=O)(=O)c1ccc(C(=O)NC(=S)Nc2nc3ccc4ccccc4c3s2)cc1. The number of amides is 1. The van der Waals surface area contributed by atoms with Gasteiger partial charge in [-0.25, -0.2) is 17.7 Å². The molecule has 0 spiro atoms. The number of aromatic nitrogens is 1. The van der Waals surface area contributed by atoms with Gasteiger partial charge in [-0.3, -0.25) is 10.1 Å². The Morgan fingerprint density at radius 1 is 1.03 bits per heavy atom. The number of anilines is 1. The molecule has 0 radical (unpaired) electrons. The number of sulfonamides is 1. The van der Waals surface area contributed by atoms with Gasteiger partial charge in [-0.15, -0.1) is 0 Å². The zero-order valence-electron chi connectivity index (χ0n) is 16.6. The molecule has 7 nitrogen and oxygen atoms in total. The molecule has 0 unspecified atom stereocenters. The number of carbonyl (C=O) groups excluding carboxylic acids is 1. The fourth-order valence-corrected chi connectivity index (χ4v) is 5.16. The van der Waals surface area contributed by atoms with Crippen LogP contribution in [-0.2, 0) is 10.0 Å². The highest BCUT2D eigenvalue weighted by Gasteiger charge is 2.18. The van der Waals surface area contributed by atoms with Gasteiger partial charge in [-0.1, -0.05) is 41.7 Å². The Bertz CT molecular complexity index is 1410. The van der Waals surface area contributed by atoms with E-state index in [0.717, 1.165) is 25.3 Å². The Hall–Kier alpha value is -2.92. The van der Waals surface area contributed by atoms with E-state index < -0.39 is 15.9 Å². The Kier molecular flexibility index (Phi) is 5.71. The van der Waals surface area contributed by atoms with E-state index in [1.165, 1.54) is 49.7 Å². The normalized spacial score (nSPS) is 11.7. The average Bonchev–Trinajstić information content (AvgIpc) is 3.16. The number of thiazole rings is 1. The van der Waals surface area contributed by atoms with Crippen molar-refractivity contribution in [2.24, 2.45) is 0 Å². The molecule has 4 aromatic rings. The van der Waals surface area contributed by atoms with Crippen LogP contribution in [0.5, 0.6) is 0 Å². The molecule has 0 aliphatic carbocycles. The van der Waals surface area contributed by atoms with Crippen molar-refractivity contribution in [2.45, 2.75) is 4.90 Å². The Morgan fingerprint density at radius 3 is 2.45 bits per heavy atom.